The first-order valence-electron chi connectivity index (χ1n) is 8.17. The second-order valence-electron chi connectivity index (χ2n) is 5.75. The van der Waals surface area contributed by atoms with E-state index in [1.54, 1.807) is 36.4 Å². The van der Waals surface area contributed by atoms with Crippen LogP contribution in [-0.2, 0) is 10.0 Å². The number of rotatable bonds is 7. The van der Waals surface area contributed by atoms with Crippen LogP contribution in [0.15, 0.2) is 89.8 Å². The van der Waals surface area contributed by atoms with Gasteiger partial charge in [0, 0.05) is 6.54 Å². The summed E-state index contributed by atoms with van der Waals surface area (Å²) in [4.78, 5) is 0.240. The van der Waals surface area contributed by atoms with Crippen LogP contribution >= 0.6 is 11.6 Å². The quantitative estimate of drug-likeness (QED) is 0.629. The molecule has 0 aliphatic rings. The van der Waals surface area contributed by atoms with Crippen molar-refractivity contribution in [1.82, 2.24) is 4.72 Å². The van der Waals surface area contributed by atoms with Crippen molar-refractivity contribution in [2.24, 2.45) is 0 Å². The van der Waals surface area contributed by atoms with Crippen LogP contribution in [0.4, 0.5) is 5.69 Å². The molecular formula is C20H19ClN2O2S. The third kappa shape index (κ3) is 4.64. The Morgan fingerprint density at radius 2 is 1.38 bits per heavy atom. The largest absolute Gasteiger partial charge is 0.376 e. The lowest BCUT2D eigenvalue weighted by molar-refractivity contribution is 0.576. The molecule has 26 heavy (non-hydrogen) atoms. The molecule has 0 saturated carbocycles. The minimum Gasteiger partial charge on any atom is -0.376 e. The van der Waals surface area contributed by atoms with Crippen LogP contribution in [0.2, 0.25) is 5.02 Å². The number of para-hydroxylation sites is 1. The lowest BCUT2D eigenvalue weighted by Crippen LogP contribution is -2.31. The van der Waals surface area contributed by atoms with E-state index in [1.165, 1.54) is 0 Å². The number of benzene rings is 3. The van der Waals surface area contributed by atoms with E-state index in [9.17, 15) is 8.42 Å². The standard InChI is InChI=1S/C20H19ClN2O2S/c21-18-13-7-8-14-19(18)23-20(16-9-3-1-4-10-16)15-22-26(24,25)17-11-5-2-6-12-17/h1-14,20,22-23H,15H2. The molecule has 2 N–H and O–H groups in total. The summed E-state index contributed by atoms with van der Waals surface area (Å²) in [6.45, 7) is 0.187. The number of hydrogen-bond donors (Lipinski definition) is 2. The molecule has 6 heteroatoms. The fourth-order valence-corrected chi connectivity index (χ4v) is 3.84. The molecule has 3 rings (SSSR count). The molecule has 134 valence electrons. The molecule has 3 aromatic rings. The third-order valence-corrected chi connectivity index (χ3v) is 5.71. The maximum atomic E-state index is 12.5. The number of hydrogen-bond acceptors (Lipinski definition) is 3. The van der Waals surface area contributed by atoms with Gasteiger partial charge in [-0.25, -0.2) is 13.1 Å². The third-order valence-electron chi connectivity index (χ3n) is 3.94. The molecule has 0 amide bonds. The lowest BCUT2D eigenvalue weighted by atomic mass is 10.1. The fourth-order valence-electron chi connectivity index (χ4n) is 2.58. The fraction of sp³-hybridized carbons (Fsp3) is 0.100. The number of nitrogens with one attached hydrogen (secondary N) is 2. The van der Waals surface area contributed by atoms with E-state index in [1.807, 2.05) is 48.5 Å². The van der Waals surface area contributed by atoms with Crippen molar-refractivity contribution >= 4 is 27.3 Å². The summed E-state index contributed by atoms with van der Waals surface area (Å²) < 4.78 is 27.7. The summed E-state index contributed by atoms with van der Waals surface area (Å²) in [6.07, 6.45) is 0. The van der Waals surface area contributed by atoms with E-state index in [2.05, 4.69) is 10.0 Å². The van der Waals surface area contributed by atoms with Crippen LogP contribution in [0, 0.1) is 0 Å². The van der Waals surface area contributed by atoms with E-state index in [0.29, 0.717) is 5.02 Å². The van der Waals surface area contributed by atoms with Gasteiger partial charge in [0.2, 0.25) is 10.0 Å². The molecule has 0 fully saturated rings. The van der Waals surface area contributed by atoms with Gasteiger partial charge in [0.05, 0.1) is 21.6 Å². The highest BCUT2D eigenvalue weighted by molar-refractivity contribution is 7.89. The first-order valence-corrected chi connectivity index (χ1v) is 10.0. The molecule has 0 aliphatic carbocycles. The van der Waals surface area contributed by atoms with Crippen molar-refractivity contribution in [2.45, 2.75) is 10.9 Å². The molecule has 1 unspecified atom stereocenters. The van der Waals surface area contributed by atoms with Crippen molar-refractivity contribution in [3.05, 3.63) is 95.5 Å². The predicted molar refractivity (Wildman–Crippen MR) is 106 cm³/mol. The second kappa shape index (κ2) is 8.36. The molecule has 0 aromatic heterocycles. The van der Waals surface area contributed by atoms with Gasteiger partial charge < -0.3 is 5.32 Å². The van der Waals surface area contributed by atoms with Crippen LogP contribution in [-0.4, -0.2) is 15.0 Å². The summed E-state index contributed by atoms with van der Waals surface area (Å²) >= 11 is 6.24. The van der Waals surface area contributed by atoms with Crippen LogP contribution < -0.4 is 10.0 Å². The van der Waals surface area contributed by atoms with Crippen molar-refractivity contribution in [1.29, 1.82) is 0 Å². The minimum atomic E-state index is -3.59. The first kappa shape index (κ1) is 18.5. The zero-order valence-electron chi connectivity index (χ0n) is 14.0. The molecule has 0 heterocycles. The Labute approximate surface area is 158 Å². The highest BCUT2D eigenvalue weighted by Crippen LogP contribution is 2.26. The molecule has 4 nitrogen and oxygen atoms in total. The SMILES string of the molecule is O=S(=O)(NCC(Nc1ccccc1Cl)c1ccccc1)c1ccccc1. The van der Waals surface area contributed by atoms with E-state index < -0.39 is 10.0 Å². The zero-order valence-corrected chi connectivity index (χ0v) is 15.5. The van der Waals surface area contributed by atoms with Gasteiger partial charge >= 0.3 is 0 Å². The maximum absolute atomic E-state index is 12.5. The average Bonchev–Trinajstić information content (AvgIpc) is 2.68. The van der Waals surface area contributed by atoms with E-state index in [4.69, 9.17) is 11.6 Å². The minimum absolute atomic E-state index is 0.187. The van der Waals surface area contributed by atoms with Gasteiger partial charge in [0.25, 0.3) is 0 Å². The monoisotopic (exact) mass is 386 g/mol. The highest BCUT2D eigenvalue weighted by Gasteiger charge is 2.18. The van der Waals surface area contributed by atoms with Crippen LogP contribution in [0.25, 0.3) is 0 Å². The van der Waals surface area contributed by atoms with Crippen molar-refractivity contribution in [2.75, 3.05) is 11.9 Å². The van der Waals surface area contributed by atoms with Crippen LogP contribution in [0.3, 0.4) is 0 Å². The summed E-state index contributed by atoms with van der Waals surface area (Å²) in [6, 6.07) is 25.1. The Morgan fingerprint density at radius 1 is 0.808 bits per heavy atom. The maximum Gasteiger partial charge on any atom is 0.240 e. The molecule has 0 saturated heterocycles. The van der Waals surface area contributed by atoms with Gasteiger partial charge in [-0.2, -0.15) is 0 Å². The predicted octanol–water partition coefficient (Wildman–Crippen LogP) is 4.47. The number of sulfonamides is 1. The van der Waals surface area contributed by atoms with Crippen molar-refractivity contribution in [3.8, 4) is 0 Å². The molecule has 0 aliphatic heterocycles. The van der Waals surface area contributed by atoms with Gasteiger partial charge in [-0.15, -0.1) is 0 Å². The second-order valence-corrected chi connectivity index (χ2v) is 7.93. The molecule has 0 radical (unpaired) electrons. The summed E-state index contributed by atoms with van der Waals surface area (Å²) in [5.41, 5.74) is 1.71. The van der Waals surface area contributed by atoms with Gasteiger partial charge in [0.15, 0.2) is 0 Å². The summed E-state index contributed by atoms with van der Waals surface area (Å²) in [5.74, 6) is 0. The molecule has 1 atom stereocenters. The van der Waals surface area contributed by atoms with Gasteiger partial charge in [-0.1, -0.05) is 72.3 Å². The Kier molecular flexibility index (Phi) is 5.93. The Bertz CT molecular complexity index is 948. The first-order chi connectivity index (χ1) is 12.6. The zero-order chi connectivity index (χ0) is 18.4. The van der Waals surface area contributed by atoms with E-state index in [-0.39, 0.29) is 17.5 Å². The molecular weight excluding hydrogens is 368 g/mol. The van der Waals surface area contributed by atoms with Gasteiger partial charge in [-0.05, 0) is 29.8 Å². The average molecular weight is 387 g/mol. The van der Waals surface area contributed by atoms with Crippen molar-refractivity contribution < 1.29 is 8.42 Å². The normalized spacial score (nSPS) is 12.5. The molecule has 0 spiro atoms. The Hall–Kier alpha value is -2.34. The topological polar surface area (TPSA) is 58.2 Å². The number of anilines is 1. The number of halogens is 1. The van der Waals surface area contributed by atoms with Crippen LogP contribution in [0.1, 0.15) is 11.6 Å². The van der Waals surface area contributed by atoms with Gasteiger partial charge in [0.1, 0.15) is 0 Å². The Morgan fingerprint density at radius 3 is 2.04 bits per heavy atom. The smallest absolute Gasteiger partial charge is 0.240 e. The molecule has 3 aromatic carbocycles. The highest BCUT2D eigenvalue weighted by atomic mass is 35.5. The van der Waals surface area contributed by atoms with E-state index >= 15 is 0 Å². The summed E-state index contributed by atoms with van der Waals surface area (Å²) in [7, 11) is -3.59. The van der Waals surface area contributed by atoms with Gasteiger partial charge in [-0.3, -0.25) is 0 Å². The summed E-state index contributed by atoms with van der Waals surface area (Å²) in [5, 5.41) is 3.91. The van der Waals surface area contributed by atoms with E-state index in [0.717, 1.165) is 11.3 Å². The van der Waals surface area contributed by atoms with Crippen LogP contribution in [0.5, 0.6) is 0 Å². The van der Waals surface area contributed by atoms with Crippen molar-refractivity contribution in [3.63, 3.8) is 0 Å². The molecule has 0 bridgehead atoms. The Balaban J connectivity index is 1.82. The lowest BCUT2D eigenvalue weighted by Gasteiger charge is -2.22.